The van der Waals surface area contributed by atoms with Crippen LogP contribution in [0.2, 0.25) is 0 Å². The van der Waals surface area contributed by atoms with Crippen LogP contribution in [0.5, 0.6) is 0 Å². The first-order chi connectivity index (χ1) is 6.47. The second-order valence-electron chi connectivity index (χ2n) is 4.32. The molecule has 0 amide bonds. The fourth-order valence-electron chi connectivity index (χ4n) is 1.64. The Bertz CT molecular complexity index is 139. The van der Waals surface area contributed by atoms with Gasteiger partial charge in [0.25, 0.3) is 0 Å². The van der Waals surface area contributed by atoms with Gasteiger partial charge < -0.3 is 10.0 Å². The van der Waals surface area contributed by atoms with Gasteiger partial charge in [-0.15, -0.1) is 11.6 Å². The molecule has 3 atom stereocenters. The zero-order valence-corrected chi connectivity index (χ0v) is 10.6. The molecule has 0 heterocycles. The van der Waals surface area contributed by atoms with Crippen LogP contribution in [0.1, 0.15) is 39.5 Å². The van der Waals surface area contributed by atoms with E-state index >= 15 is 0 Å². The van der Waals surface area contributed by atoms with Crippen molar-refractivity contribution < 1.29 is 5.11 Å². The standard InChI is InChI=1S/C11H24ClNO/c1-5-6-10(12)8-11(13(3)4)7-9(2)14/h9-11,14H,5-8H2,1-4H3. The molecular weight excluding hydrogens is 198 g/mol. The van der Waals surface area contributed by atoms with Crippen LogP contribution in [0.25, 0.3) is 0 Å². The summed E-state index contributed by atoms with van der Waals surface area (Å²) in [6.45, 7) is 3.98. The Balaban J connectivity index is 3.95. The lowest BCUT2D eigenvalue weighted by Gasteiger charge is -2.27. The van der Waals surface area contributed by atoms with Gasteiger partial charge in [-0.05, 0) is 40.3 Å². The van der Waals surface area contributed by atoms with Gasteiger partial charge in [-0.3, -0.25) is 0 Å². The number of hydrogen-bond donors (Lipinski definition) is 1. The Labute approximate surface area is 93.2 Å². The van der Waals surface area contributed by atoms with Crippen molar-refractivity contribution in [2.24, 2.45) is 0 Å². The molecule has 86 valence electrons. The largest absolute Gasteiger partial charge is 0.393 e. The van der Waals surface area contributed by atoms with Crippen LogP contribution in [0.15, 0.2) is 0 Å². The van der Waals surface area contributed by atoms with Crippen LogP contribution in [0.3, 0.4) is 0 Å². The monoisotopic (exact) mass is 221 g/mol. The summed E-state index contributed by atoms with van der Waals surface area (Å²) in [6.07, 6.45) is 3.72. The van der Waals surface area contributed by atoms with Crippen LogP contribution >= 0.6 is 11.6 Å². The molecule has 0 bridgehead atoms. The van der Waals surface area contributed by atoms with Crippen molar-refractivity contribution in [1.29, 1.82) is 0 Å². The summed E-state index contributed by atoms with van der Waals surface area (Å²) in [7, 11) is 4.09. The van der Waals surface area contributed by atoms with E-state index in [2.05, 4.69) is 11.8 Å². The summed E-state index contributed by atoms with van der Waals surface area (Å²) in [4.78, 5) is 2.15. The summed E-state index contributed by atoms with van der Waals surface area (Å²) in [6, 6.07) is 0.393. The van der Waals surface area contributed by atoms with E-state index in [4.69, 9.17) is 11.6 Å². The first kappa shape index (κ1) is 14.2. The highest BCUT2D eigenvalue weighted by molar-refractivity contribution is 6.20. The van der Waals surface area contributed by atoms with Crippen LogP contribution in [-0.4, -0.2) is 41.6 Å². The molecule has 0 aliphatic carbocycles. The van der Waals surface area contributed by atoms with Gasteiger partial charge in [0.1, 0.15) is 0 Å². The van der Waals surface area contributed by atoms with Crippen molar-refractivity contribution in [3.8, 4) is 0 Å². The molecule has 2 nitrogen and oxygen atoms in total. The van der Waals surface area contributed by atoms with Gasteiger partial charge in [-0.2, -0.15) is 0 Å². The number of hydrogen-bond acceptors (Lipinski definition) is 2. The summed E-state index contributed by atoms with van der Waals surface area (Å²) >= 11 is 6.19. The number of nitrogens with zero attached hydrogens (tertiary/aromatic N) is 1. The van der Waals surface area contributed by atoms with Gasteiger partial charge in [-0.25, -0.2) is 0 Å². The first-order valence-electron chi connectivity index (χ1n) is 5.45. The number of aliphatic hydroxyl groups is 1. The van der Waals surface area contributed by atoms with E-state index < -0.39 is 0 Å². The number of rotatable bonds is 7. The van der Waals surface area contributed by atoms with E-state index in [1.807, 2.05) is 21.0 Å². The van der Waals surface area contributed by atoms with Gasteiger partial charge in [0.15, 0.2) is 0 Å². The van der Waals surface area contributed by atoms with E-state index in [0.29, 0.717) is 6.04 Å². The SMILES string of the molecule is CCCC(Cl)CC(CC(C)O)N(C)C. The molecule has 0 rings (SSSR count). The molecule has 0 radical (unpaired) electrons. The predicted octanol–water partition coefficient (Wildman–Crippen LogP) is 2.49. The highest BCUT2D eigenvalue weighted by Gasteiger charge is 2.17. The van der Waals surface area contributed by atoms with E-state index in [1.54, 1.807) is 0 Å². The lowest BCUT2D eigenvalue weighted by atomic mass is 10.0. The Morgan fingerprint density at radius 2 is 1.86 bits per heavy atom. The summed E-state index contributed by atoms with van der Waals surface area (Å²) < 4.78 is 0. The first-order valence-corrected chi connectivity index (χ1v) is 5.89. The van der Waals surface area contributed by atoms with Crippen molar-refractivity contribution in [1.82, 2.24) is 4.90 Å². The molecular formula is C11H24ClNO. The third-order valence-electron chi connectivity index (χ3n) is 2.47. The maximum Gasteiger partial charge on any atom is 0.0527 e. The quantitative estimate of drug-likeness (QED) is 0.668. The fourth-order valence-corrected chi connectivity index (χ4v) is 2.06. The lowest BCUT2D eigenvalue weighted by molar-refractivity contribution is 0.133. The van der Waals surface area contributed by atoms with Crippen molar-refractivity contribution in [3.05, 3.63) is 0 Å². The van der Waals surface area contributed by atoms with Gasteiger partial charge in [0, 0.05) is 11.4 Å². The van der Waals surface area contributed by atoms with Crippen LogP contribution in [-0.2, 0) is 0 Å². The minimum atomic E-state index is -0.243. The van der Waals surface area contributed by atoms with E-state index in [-0.39, 0.29) is 11.5 Å². The van der Waals surface area contributed by atoms with E-state index in [1.165, 1.54) is 0 Å². The second-order valence-corrected chi connectivity index (χ2v) is 4.94. The molecule has 0 aromatic heterocycles. The predicted molar refractivity (Wildman–Crippen MR) is 62.9 cm³/mol. The van der Waals surface area contributed by atoms with Crippen molar-refractivity contribution in [3.63, 3.8) is 0 Å². The molecule has 3 heteroatoms. The Hall–Kier alpha value is 0.210. The maximum absolute atomic E-state index is 9.34. The molecule has 0 saturated carbocycles. The van der Waals surface area contributed by atoms with Crippen molar-refractivity contribution in [2.75, 3.05) is 14.1 Å². The average Bonchev–Trinajstić information content (AvgIpc) is 2.02. The molecule has 0 aliphatic heterocycles. The van der Waals surface area contributed by atoms with Gasteiger partial charge in [-0.1, -0.05) is 13.3 Å². The summed E-state index contributed by atoms with van der Waals surface area (Å²) in [5, 5.41) is 9.59. The van der Waals surface area contributed by atoms with Crippen LogP contribution in [0.4, 0.5) is 0 Å². The molecule has 0 fully saturated rings. The number of alkyl halides is 1. The number of aliphatic hydroxyl groups excluding tert-OH is 1. The van der Waals surface area contributed by atoms with Crippen molar-refractivity contribution >= 4 is 11.6 Å². The van der Waals surface area contributed by atoms with Crippen LogP contribution < -0.4 is 0 Å². The van der Waals surface area contributed by atoms with Crippen molar-refractivity contribution in [2.45, 2.75) is 57.1 Å². The number of halogens is 1. The normalized spacial score (nSPS) is 18.2. The van der Waals surface area contributed by atoms with E-state index in [9.17, 15) is 5.11 Å². The average molecular weight is 222 g/mol. The molecule has 14 heavy (non-hydrogen) atoms. The topological polar surface area (TPSA) is 23.5 Å². The molecule has 0 aromatic carbocycles. The second kappa shape index (κ2) is 7.49. The third kappa shape index (κ3) is 6.63. The molecule has 1 N–H and O–H groups in total. The minimum Gasteiger partial charge on any atom is -0.393 e. The maximum atomic E-state index is 9.34. The summed E-state index contributed by atoms with van der Waals surface area (Å²) in [5.74, 6) is 0. The molecule has 3 unspecified atom stereocenters. The van der Waals surface area contributed by atoms with Gasteiger partial charge in [0.05, 0.1) is 6.10 Å². The molecule has 0 saturated heterocycles. The Morgan fingerprint density at radius 1 is 1.29 bits per heavy atom. The minimum absolute atomic E-state index is 0.242. The molecule has 0 spiro atoms. The van der Waals surface area contributed by atoms with Crippen LogP contribution in [0, 0.1) is 0 Å². The highest BCUT2D eigenvalue weighted by Crippen LogP contribution is 2.17. The third-order valence-corrected chi connectivity index (χ3v) is 2.87. The zero-order valence-electron chi connectivity index (χ0n) is 9.83. The molecule has 0 aromatic rings. The lowest BCUT2D eigenvalue weighted by Crippen LogP contribution is -2.33. The Morgan fingerprint density at radius 3 is 2.21 bits per heavy atom. The summed E-state index contributed by atoms with van der Waals surface area (Å²) in [5.41, 5.74) is 0. The molecule has 0 aliphatic rings. The van der Waals surface area contributed by atoms with Gasteiger partial charge in [0.2, 0.25) is 0 Å². The fraction of sp³-hybridized carbons (Fsp3) is 1.00. The van der Waals surface area contributed by atoms with Gasteiger partial charge >= 0.3 is 0 Å². The highest BCUT2D eigenvalue weighted by atomic mass is 35.5. The zero-order chi connectivity index (χ0) is 11.1. The van der Waals surface area contributed by atoms with E-state index in [0.717, 1.165) is 25.7 Å². The smallest absolute Gasteiger partial charge is 0.0527 e. The Kier molecular flexibility index (Phi) is 7.61.